The molecule has 2 heteroatoms. The van der Waals surface area contributed by atoms with Gasteiger partial charge in [-0.2, -0.15) is 0 Å². The lowest BCUT2D eigenvalue weighted by Crippen LogP contribution is -2.12. The van der Waals surface area contributed by atoms with Crippen LogP contribution in [0.25, 0.3) is 0 Å². The molecule has 0 bridgehead atoms. The molecule has 0 radical (unpaired) electrons. The highest BCUT2D eigenvalue weighted by molar-refractivity contribution is 9.09. The van der Waals surface area contributed by atoms with Crippen molar-refractivity contribution in [2.24, 2.45) is 11.8 Å². The SMILES string of the molecule is CCOc1ccc(C)cc1C(Br)C(C)C(C)C. The van der Waals surface area contributed by atoms with Gasteiger partial charge in [0, 0.05) is 10.4 Å². The first kappa shape index (κ1) is 14.6. The molecule has 2 unspecified atom stereocenters. The normalized spacial score (nSPS) is 14.8. The van der Waals surface area contributed by atoms with Gasteiger partial charge in [0.15, 0.2) is 0 Å². The Bertz CT molecular complexity index is 360. The fourth-order valence-corrected chi connectivity index (χ4v) is 2.76. The lowest BCUT2D eigenvalue weighted by atomic mass is 9.90. The number of aryl methyl sites for hydroxylation is 1. The molecule has 2 atom stereocenters. The molecule has 0 aliphatic rings. The van der Waals surface area contributed by atoms with Gasteiger partial charge in [-0.1, -0.05) is 54.4 Å². The highest BCUT2D eigenvalue weighted by Crippen LogP contribution is 2.40. The minimum absolute atomic E-state index is 0.351. The maximum Gasteiger partial charge on any atom is 0.123 e. The van der Waals surface area contributed by atoms with E-state index in [1.165, 1.54) is 11.1 Å². The van der Waals surface area contributed by atoms with E-state index >= 15 is 0 Å². The van der Waals surface area contributed by atoms with Crippen LogP contribution in [0.15, 0.2) is 18.2 Å². The van der Waals surface area contributed by atoms with Gasteiger partial charge in [0.25, 0.3) is 0 Å². The van der Waals surface area contributed by atoms with Gasteiger partial charge < -0.3 is 4.74 Å². The molecule has 0 aliphatic heterocycles. The van der Waals surface area contributed by atoms with Crippen LogP contribution >= 0.6 is 15.9 Å². The number of rotatable bonds is 5. The fourth-order valence-electron chi connectivity index (χ4n) is 1.79. The standard InChI is InChI=1S/C15H23BrO/c1-6-17-14-8-7-11(4)9-13(14)15(16)12(5)10(2)3/h7-10,12,15H,6H2,1-5H3. The number of hydrogen-bond donors (Lipinski definition) is 0. The van der Waals surface area contributed by atoms with E-state index in [0.717, 1.165) is 5.75 Å². The Morgan fingerprint density at radius 2 is 1.88 bits per heavy atom. The van der Waals surface area contributed by atoms with Crippen molar-refractivity contribution in [3.05, 3.63) is 29.3 Å². The molecule has 1 aromatic rings. The second kappa shape index (κ2) is 6.44. The molecule has 0 amide bonds. The topological polar surface area (TPSA) is 9.23 Å². The van der Waals surface area contributed by atoms with Crippen molar-refractivity contribution in [1.29, 1.82) is 0 Å². The molecule has 1 rings (SSSR count). The van der Waals surface area contributed by atoms with Crippen LogP contribution < -0.4 is 4.74 Å². The third-order valence-electron chi connectivity index (χ3n) is 3.28. The third kappa shape index (κ3) is 3.74. The van der Waals surface area contributed by atoms with Crippen molar-refractivity contribution in [3.8, 4) is 5.75 Å². The molecule has 0 saturated carbocycles. The van der Waals surface area contributed by atoms with Crippen LogP contribution in [0.3, 0.4) is 0 Å². The molecule has 0 aromatic heterocycles. The first-order valence-electron chi connectivity index (χ1n) is 6.34. The van der Waals surface area contributed by atoms with Crippen LogP contribution in [0.4, 0.5) is 0 Å². The summed E-state index contributed by atoms with van der Waals surface area (Å²) >= 11 is 3.83. The van der Waals surface area contributed by atoms with Gasteiger partial charge in [0.05, 0.1) is 6.61 Å². The first-order chi connectivity index (χ1) is 7.97. The average Bonchev–Trinajstić information content (AvgIpc) is 2.29. The summed E-state index contributed by atoms with van der Waals surface area (Å²) in [5.41, 5.74) is 2.55. The third-order valence-corrected chi connectivity index (χ3v) is 4.60. The van der Waals surface area contributed by atoms with Gasteiger partial charge in [-0.05, 0) is 31.7 Å². The van der Waals surface area contributed by atoms with Crippen LogP contribution in [-0.4, -0.2) is 6.61 Å². The van der Waals surface area contributed by atoms with E-state index < -0.39 is 0 Å². The number of halogens is 1. The summed E-state index contributed by atoms with van der Waals surface area (Å²) in [6, 6.07) is 6.41. The maximum absolute atomic E-state index is 5.71. The molecule has 0 spiro atoms. The average molecular weight is 299 g/mol. The van der Waals surface area contributed by atoms with Crippen LogP contribution in [0.5, 0.6) is 5.75 Å². The minimum Gasteiger partial charge on any atom is -0.494 e. The fraction of sp³-hybridized carbons (Fsp3) is 0.600. The summed E-state index contributed by atoms with van der Waals surface area (Å²) in [5.74, 6) is 2.23. The highest BCUT2D eigenvalue weighted by atomic mass is 79.9. The second-order valence-electron chi connectivity index (χ2n) is 4.98. The summed E-state index contributed by atoms with van der Waals surface area (Å²) in [4.78, 5) is 0.351. The van der Waals surface area contributed by atoms with Crippen molar-refractivity contribution >= 4 is 15.9 Å². The summed E-state index contributed by atoms with van der Waals surface area (Å²) in [6.45, 7) is 11.7. The molecule has 1 nitrogen and oxygen atoms in total. The van der Waals surface area contributed by atoms with Crippen LogP contribution in [0, 0.1) is 18.8 Å². The first-order valence-corrected chi connectivity index (χ1v) is 7.26. The smallest absolute Gasteiger partial charge is 0.123 e. The predicted molar refractivity (Wildman–Crippen MR) is 78.0 cm³/mol. The van der Waals surface area contributed by atoms with Crippen LogP contribution in [-0.2, 0) is 0 Å². The molecule has 0 heterocycles. The Balaban J connectivity index is 3.05. The maximum atomic E-state index is 5.71. The molecular formula is C15H23BrO. The Kier molecular flexibility index (Phi) is 5.51. The number of benzene rings is 1. The monoisotopic (exact) mass is 298 g/mol. The van der Waals surface area contributed by atoms with Gasteiger partial charge in [-0.3, -0.25) is 0 Å². The molecule has 0 N–H and O–H groups in total. The molecular weight excluding hydrogens is 276 g/mol. The van der Waals surface area contributed by atoms with Crippen LogP contribution in [0.1, 0.15) is 43.6 Å². The Morgan fingerprint density at radius 3 is 2.41 bits per heavy atom. The minimum atomic E-state index is 0.351. The summed E-state index contributed by atoms with van der Waals surface area (Å²) in [5, 5.41) is 0. The Hall–Kier alpha value is -0.500. The van der Waals surface area contributed by atoms with E-state index in [2.05, 4.69) is 61.8 Å². The van der Waals surface area contributed by atoms with E-state index in [9.17, 15) is 0 Å². The van der Waals surface area contributed by atoms with Crippen molar-refractivity contribution in [1.82, 2.24) is 0 Å². The molecule has 96 valence electrons. The lowest BCUT2D eigenvalue weighted by Gasteiger charge is -2.24. The zero-order valence-electron chi connectivity index (χ0n) is 11.5. The van der Waals surface area contributed by atoms with Crippen LogP contribution in [0.2, 0.25) is 0 Å². The Labute approximate surface area is 114 Å². The predicted octanol–water partition coefficient (Wildman–Crippen LogP) is 5.12. The van der Waals surface area contributed by atoms with Crippen molar-refractivity contribution in [2.75, 3.05) is 6.61 Å². The number of hydrogen-bond acceptors (Lipinski definition) is 1. The zero-order valence-corrected chi connectivity index (χ0v) is 13.0. The van der Waals surface area contributed by atoms with E-state index in [-0.39, 0.29) is 0 Å². The lowest BCUT2D eigenvalue weighted by molar-refractivity contribution is 0.330. The van der Waals surface area contributed by atoms with E-state index in [4.69, 9.17) is 4.74 Å². The van der Waals surface area contributed by atoms with E-state index in [0.29, 0.717) is 23.3 Å². The van der Waals surface area contributed by atoms with E-state index in [1.54, 1.807) is 0 Å². The quantitative estimate of drug-likeness (QED) is 0.685. The van der Waals surface area contributed by atoms with Crippen molar-refractivity contribution < 1.29 is 4.74 Å². The van der Waals surface area contributed by atoms with Crippen molar-refractivity contribution in [2.45, 2.75) is 39.4 Å². The summed E-state index contributed by atoms with van der Waals surface area (Å²) in [6.07, 6.45) is 0. The molecule has 0 saturated heterocycles. The van der Waals surface area contributed by atoms with E-state index in [1.807, 2.05) is 6.92 Å². The van der Waals surface area contributed by atoms with Gasteiger partial charge in [0.1, 0.15) is 5.75 Å². The van der Waals surface area contributed by atoms with Gasteiger partial charge >= 0.3 is 0 Å². The second-order valence-corrected chi connectivity index (χ2v) is 5.97. The Morgan fingerprint density at radius 1 is 1.24 bits per heavy atom. The summed E-state index contributed by atoms with van der Waals surface area (Å²) in [7, 11) is 0. The molecule has 0 aliphatic carbocycles. The van der Waals surface area contributed by atoms with Crippen molar-refractivity contribution in [3.63, 3.8) is 0 Å². The molecule has 17 heavy (non-hydrogen) atoms. The largest absolute Gasteiger partial charge is 0.494 e. The molecule has 0 fully saturated rings. The van der Waals surface area contributed by atoms with Gasteiger partial charge in [-0.15, -0.1) is 0 Å². The zero-order chi connectivity index (χ0) is 13.0. The molecule has 1 aromatic carbocycles. The van der Waals surface area contributed by atoms with Gasteiger partial charge in [0.2, 0.25) is 0 Å². The van der Waals surface area contributed by atoms with Gasteiger partial charge in [-0.25, -0.2) is 0 Å². The summed E-state index contributed by atoms with van der Waals surface area (Å²) < 4.78 is 5.71. The highest BCUT2D eigenvalue weighted by Gasteiger charge is 2.22. The number of alkyl halides is 1. The number of ether oxygens (including phenoxy) is 1.